The first-order valence-corrected chi connectivity index (χ1v) is 8.39. The summed E-state index contributed by atoms with van der Waals surface area (Å²) in [4.78, 5) is 0. The van der Waals surface area contributed by atoms with Crippen LogP contribution in [0.5, 0.6) is 0 Å². The smallest absolute Gasteiger partial charge is 0.0747 e. The highest BCUT2D eigenvalue weighted by Crippen LogP contribution is 2.48. The molecule has 2 aromatic carbocycles. The first-order valence-electron chi connectivity index (χ1n) is 6.25. The van der Waals surface area contributed by atoms with E-state index in [4.69, 9.17) is 0 Å². The van der Waals surface area contributed by atoms with Gasteiger partial charge < -0.3 is 0 Å². The predicted molar refractivity (Wildman–Crippen MR) is 83.4 cm³/mol. The van der Waals surface area contributed by atoms with Gasteiger partial charge in [0, 0.05) is 17.3 Å². The largest absolute Gasteiger partial charge is 0.159 e. The summed E-state index contributed by atoms with van der Waals surface area (Å²) in [5, 5.41) is 0. The van der Waals surface area contributed by atoms with E-state index in [0.717, 1.165) is 0 Å². The van der Waals surface area contributed by atoms with E-state index in [9.17, 15) is 0 Å². The van der Waals surface area contributed by atoms with Crippen molar-refractivity contribution in [1.29, 1.82) is 0 Å². The standard InChI is InChI=1S/C16H16S2/c1-3-7-14(8-4-1)16(13-17-11-12-18-16)15-9-5-2-6-10-15/h1-10H,11-13H2. The molecule has 0 N–H and O–H groups in total. The third kappa shape index (κ3) is 2.19. The molecule has 0 unspecified atom stereocenters. The molecule has 1 saturated heterocycles. The molecule has 1 heterocycles. The Labute approximate surface area is 117 Å². The fraction of sp³-hybridized carbons (Fsp3) is 0.250. The highest BCUT2D eigenvalue weighted by Gasteiger charge is 2.36. The molecule has 0 amide bonds. The van der Waals surface area contributed by atoms with Crippen LogP contribution >= 0.6 is 23.5 Å². The fourth-order valence-electron chi connectivity index (χ4n) is 2.45. The Balaban J connectivity index is 2.10. The Morgan fingerprint density at radius 3 is 1.72 bits per heavy atom. The van der Waals surface area contributed by atoms with Crippen LogP contribution in [0.1, 0.15) is 11.1 Å². The first-order chi connectivity index (χ1) is 8.92. The van der Waals surface area contributed by atoms with Gasteiger partial charge in [0.25, 0.3) is 0 Å². The van der Waals surface area contributed by atoms with Gasteiger partial charge in [0.15, 0.2) is 0 Å². The Morgan fingerprint density at radius 1 is 0.722 bits per heavy atom. The molecule has 0 aliphatic carbocycles. The van der Waals surface area contributed by atoms with Crippen molar-refractivity contribution in [2.45, 2.75) is 4.75 Å². The summed E-state index contributed by atoms with van der Waals surface area (Å²) in [5.74, 6) is 3.67. The van der Waals surface area contributed by atoms with E-state index in [1.807, 2.05) is 0 Å². The Hall–Kier alpha value is -0.860. The second-order valence-corrected chi connectivity index (χ2v) is 6.96. The Bertz CT molecular complexity index is 446. The molecule has 3 rings (SSSR count). The van der Waals surface area contributed by atoms with Crippen LogP contribution in [0, 0.1) is 0 Å². The van der Waals surface area contributed by atoms with Crippen molar-refractivity contribution in [2.24, 2.45) is 0 Å². The molecule has 0 bridgehead atoms. The molecule has 2 aromatic rings. The summed E-state index contributed by atoms with van der Waals surface area (Å²) in [6, 6.07) is 21.9. The number of thioether (sulfide) groups is 2. The van der Waals surface area contributed by atoms with Crippen molar-refractivity contribution in [3.05, 3.63) is 71.8 Å². The number of hydrogen-bond donors (Lipinski definition) is 0. The lowest BCUT2D eigenvalue weighted by atomic mass is 9.92. The van der Waals surface area contributed by atoms with Crippen molar-refractivity contribution in [3.63, 3.8) is 0 Å². The molecule has 1 aliphatic rings. The molecule has 0 atom stereocenters. The van der Waals surface area contributed by atoms with Crippen molar-refractivity contribution in [2.75, 3.05) is 17.3 Å². The maximum absolute atomic E-state index is 2.27. The molecule has 0 nitrogen and oxygen atoms in total. The van der Waals surface area contributed by atoms with Crippen LogP contribution in [0.25, 0.3) is 0 Å². The van der Waals surface area contributed by atoms with Gasteiger partial charge in [-0.05, 0) is 11.1 Å². The summed E-state index contributed by atoms with van der Waals surface area (Å²) >= 11 is 4.17. The van der Waals surface area contributed by atoms with Crippen molar-refractivity contribution in [1.82, 2.24) is 0 Å². The van der Waals surface area contributed by atoms with Crippen LogP contribution in [0.15, 0.2) is 60.7 Å². The van der Waals surface area contributed by atoms with E-state index in [0.29, 0.717) is 0 Å². The molecule has 1 aliphatic heterocycles. The van der Waals surface area contributed by atoms with E-state index in [1.54, 1.807) is 0 Å². The molecule has 0 aromatic heterocycles. The maximum Gasteiger partial charge on any atom is 0.0747 e. The molecule has 2 heteroatoms. The van der Waals surface area contributed by atoms with Crippen LogP contribution in [0.2, 0.25) is 0 Å². The highest BCUT2D eigenvalue weighted by atomic mass is 32.2. The van der Waals surface area contributed by atoms with E-state index >= 15 is 0 Å². The van der Waals surface area contributed by atoms with Crippen LogP contribution in [0.4, 0.5) is 0 Å². The third-order valence-electron chi connectivity index (χ3n) is 3.36. The van der Waals surface area contributed by atoms with Gasteiger partial charge in [0.05, 0.1) is 4.75 Å². The SMILES string of the molecule is c1ccc(C2(c3ccccc3)CSCCS2)cc1. The minimum Gasteiger partial charge on any atom is -0.159 e. The molecule has 18 heavy (non-hydrogen) atoms. The molecule has 0 spiro atoms. The predicted octanol–water partition coefficient (Wildman–Crippen LogP) is 4.41. The zero-order valence-corrected chi connectivity index (χ0v) is 11.8. The average molecular weight is 272 g/mol. The second kappa shape index (κ2) is 5.41. The first kappa shape index (κ1) is 12.2. The fourth-order valence-corrected chi connectivity index (χ4v) is 5.55. The summed E-state index contributed by atoms with van der Waals surface area (Å²) < 4.78 is 0.144. The van der Waals surface area contributed by atoms with Gasteiger partial charge in [-0.25, -0.2) is 0 Å². The van der Waals surface area contributed by atoms with Gasteiger partial charge in [-0.3, -0.25) is 0 Å². The molecular formula is C16H16S2. The van der Waals surface area contributed by atoms with Crippen molar-refractivity contribution < 1.29 is 0 Å². The molecule has 0 radical (unpaired) electrons. The van der Waals surface area contributed by atoms with Gasteiger partial charge >= 0.3 is 0 Å². The van der Waals surface area contributed by atoms with E-state index in [-0.39, 0.29) is 4.75 Å². The van der Waals surface area contributed by atoms with E-state index in [1.165, 1.54) is 28.4 Å². The zero-order valence-electron chi connectivity index (χ0n) is 10.2. The topological polar surface area (TPSA) is 0 Å². The summed E-state index contributed by atoms with van der Waals surface area (Å²) in [5.41, 5.74) is 2.88. The molecule has 0 saturated carbocycles. The van der Waals surface area contributed by atoms with Gasteiger partial charge in [-0.15, -0.1) is 11.8 Å². The van der Waals surface area contributed by atoms with Gasteiger partial charge in [-0.1, -0.05) is 60.7 Å². The number of benzene rings is 2. The van der Waals surface area contributed by atoms with Crippen LogP contribution in [0.3, 0.4) is 0 Å². The second-order valence-electron chi connectivity index (χ2n) is 4.46. The van der Waals surface area contributed by atoms with Gasteiger partial charge in [-0.2, -0.15) is 11.8 Å². The molecule has 92 valence electrons. The molecular weight excluding hydrogens is 256 g/mol. The number of rotatable bonds is 2. The number of hydrogen-bond acceptors (Lipinski definition) is 2. The Kier molecular flexibility index (Phi) is 3.67. The van der Waals surface area contributed by atoms with E-state index in [2.05, 4.69) is 84.2 Å². The maximum atomic E-state index is 2.27. The van der Waals surface area contributed by atoms with Crippen molar-refractivity contribution in [3.8, 4) is 0 Å². The minimum absolute atomic E-state index is 0.144. The Morgan fingerprint density at radius 2 is 1.28 bits per heavy atom. The van der Waals surface area contributed by atoms with Gasteiger partial charge in [0.1, 0.15) is 0 Å². The van der Waals surface area contributed by atoms with Crippen molar-refractivity contribution >= 4 is 23.5 Å². The average Bonchev–Trinajstić information content (AvgIpc) is 2.50. The third-order valence-corrected chi connectivity index (χ3v) is 6.45. The van der Waals surface area contributed by atoms with Crippen LogP contribution in [-0.2, 0) is 4.75 Å². The zero-order chi connectivity index (χ0) is 12.3. The van der Waals surface area contributed by atoms with Crippen LogP contribution < -0.4 is 0 Å². The summed E-state index contributed by atoms with van der Waals surface area (Å²) in [6.45, 7) is 0. The monoisotopic (exact) mass is 272 g/mol. The highest BCUT2D eigenvalue weighted by molar-refractivity contribution is 8.07. The lowest BCUT2D eigenvalue weighted by Crippen LogP contribution is -2.30. The lowest BCUT2D eigenvalue weighted by Gasteiger charge is -2.37. The quantitative estimate of drug-likeness (QED) is 0.794. The van der Waals surface area contributed by atoms with Gasteiger partial charge in [0.2, 0.25) is 0 Å². The lowest BCUT2D eigenvalue weighted by molar-refractivity contribution is 0.847. The summed E-state index contributed by atoms with van der Waals surface area (Å²) in [7, 11) is 0. The van der Waals surface area contributed by atoms with Crippen LogP contribution in [-0.4, -0.2) is 17.3 Å². The molecule has 1 fully saturated rings. The van der Waals surface area contributed by atoms with E-state index < -0.39 is 0 Å². The normalized spacial score (nSPS) is 18.4. The minimum atomic E-state index is 0.144. The summed E-state index contributed by atoms with van der Waals surface area (Å²) in [6.07, 6.45) is 0.